The Morgan fingerprint density at radius 3 is 3.18 bits per heavy atom. The van der Waals surface area contributed by atoms with E-state index in [1.165, 1.54) is 10.9 Å². The number of amides is 1. The molecule has 0 spiro atoms. The number of halogens is 1. The molecule has 1 aliphatic rings. The predicted octanol–water partition coefficient (Wildman–Crippen LogP) is 2.94. The molecule has 0 saturated heterocycles. The van der Waals surface area contributed by atoms with Crippen LogP contribution in [0.2, 0.25) is 5.02 Å². The van der Waals surface area contributed by atoms with Gasteiger partial charge in [-0.1, -0.05) is 11.6 Å². The molecule has 1 atom stereocenters. The Morgan fingerprint density at radius 2 is 2.35 bits per heavy atom. The summed E-state index contributed by atoms with van der Waals surface area (Å²) in [5.74, 6) is 0. The van der Waals surface area contributed by atoms with E-state index in [2.05, 4.69) is 10.3 Å². The van der Waals surface area contributed by atoms with Crippen LogP contribution in [-0.4, -0.2) is 11.4 Å². The first kappa shape index (κ1) is 10.7. The van der Waals surface area contributed by atoms with Gasteiger partial charge in [-0.25, -0.2) is 0 Å². The molecule has 1 aromatic heterocycles. The third kappa shape index (κ3) is 1.71. The van der Waals surface area contributed by atoms with Crippen molar-refractivity contribution < 1.29 is 4.79 Å². The Balaban J connectivity index is 2.18. The molecule has 1 aliphatic carbocycles. The van der Waals surface area contributed by atoms with Crippen LogP contribution in [0.25, 0.3) is 10.9 Å². The third-order valence-electron chi connectivity index (χ3n) is 3.44. The van der Waals surface area contributed by atoms with Crippen LogP contribution in [0.1, 0.15) is 30.1 Å². The van der Waals surface area contributed by atoms with Gasteiger partial charge in [-0.2, -0.15) is 0 Å². The van der Waals surface area contributed by atoms with Crippen LogP contribution in [0.15, 0.2) is 18.2 Å². The molecule has 1 heterocycles. The molecule has 3 rings (SSSR count). The number of aryl methyl sites for hydroxylation is 1. The summed E-state index contributed by atoms with van der Waals surface area (Å²) in [7, 11) is 0. The monoisotopic (exact) mass is 248 g/mol. The largest absolute Gasteiger partial charge is 0.356 e. The number of fused-ring (bicyclic) bond motifs is 3. The second kappa shape index (κ2) is 4.08. The Bertz CT molecular complexity index is 576. The van der Waals surface area contributed by atoms with Gasteiger partial charge in [0, 0.05) is 21.6 Å². The van der Waals surface area contributed by atoms with Crippen molar-refractivity contribution in [1.82, 2.24) is 10.3 Å². The number of rotatable bonds is 2. The van der Waals surface area contributed by atoms with Gasteiger partial charge in [0.1, 0.15) is 0 Å². The van der Waals surface area contributed by atoms with Crippen molar-refractivity contribution >= 4 is 28.9 Å². The van der Waals surface area contributed by atoms with E-state index >= 15 is 0 Å². The highest BCUT2D eigenvalue weighted by Crippen LogP contribution is 2.35. The van der Waals surface area contributed by atoms with Crippen molar-refractivity contribution in [2.45, 2.75) is 25.3 Å². The van der Waals surface area contributed by atoms with E-state index in [1.54, 1.807) is 0 Å². The molecule has 1 amide bonds. The normalized spacial score (nSPS) is 19.0. The van der Waals surface area contributed by atoms with Crippen LogP contribution in [0.5, 0.6) is 0 Å². The van der Waals surface area contributed by atoms with Gasteiger partial charge in [-0.3, -0.25) is 4.79 Å². The van der Waals surface area contributed by atoms with Gasteiger partial charge < -0.3 is 10.3 Å². The van der Waals surface area contributed by atoms with E-state index in [-0.39, 0.29) is 6.04 Å². The molecule has 3 nitrogen and oxygen atoms in total. The molecule has 1 aromatic carbocycles. The minimum absolute atomic E-state index is 0.113. The lowest BCUT2D eigenvalue weighted by Gasteiger charge is -2.21. The van der Waals surface area contributed by atoms with Crippen LogP contribution in [0.4, 0.5) is 0 Å². The first-order valence-electron chi connectivity index (χ1n) is 5.79. The van der Waals surface area contributed by atoms with Crippen molar-refractivity contribution in [1.29, 1.82) is 0 Å². The van der Waals surface area contributed by atoms with Gasteiger partial charge in [-0.05, 0) is 43.0 Å². The lowest BCUT2D eigenvalue weighted by atomic mass is 9.92. The van der Waals surface area contributed by atoms with E-state index in [0.717, 1.165) is 41.9 Å². The number of aromatic nitrogens is 1. The quantitative estimate of drug-likeness (QED) is 0.789. The van der Waals surface area contributed by atoms with Gasteiger partial charge in [0.2, 0.25) is 6.41 Å². The van der Waals surface area contributed by atoms with E-state index in [4.69, 9.17) is 11.6 Å². The first-order valence-corrected chi connectivity index (χ1v) is 6.17. The fourth-order valence-electron chi connectivity index (χ4n) is 2.68. The minimum Gasteiger partial charge on any atom is -0.356 e. The number of hydrogen-bond donors (Lipinski definition) is 2. The lowest BCUT2D eigenvalue weighted by molar-refractivity contribution is -0.110. The Kier molecular flexibility index (Phi) is 2.56. The van der Waals surface area contributed by atoms with E-state index in [1.807, 2.05) is 18.2 Å². The fourth-order valence-corrected chi connectivity index (χ4v) is 2.86. The molecule has 0 bridgehead atoms. The second-order valence-electron chi connectivity index (χ2n) is 4.44. The van der Waals surface area contributed by atoms with Gasteiger partial charge in [-0.15, -0.1) is 0 Å². The smallest absolute Gasteiger partial charge is 0.207 e. The van der Waals surface area contributed by atoms with Gasteiger partial charge in [0.05, 0.1) is 6.04 Å². The molecular weight excluding hydrogens is 236 g/mol. The maximum atomic E-state index is 10.6. The summed E-state index contributed by atoms with van der Waals surface area (Å²) in [4.78, 5) is 14.0. The van der Waals surface area contributed by atoms with Crippen molar-refractivity contribution in [3.8, 4) is 0 Å². The maximum Gasteiger partial charge on any atom is 0.207 e. The number of carbonyl (C=O) groups is 1. The van der Waals surface area contributed by atoms with Crippen molar-refractivity contribution in [3.63, 3.8) is 0 Å². The number of nitrogens with one attached hydrogen (secondary N) is 2. The summed E-state index contributed by atoms with van der Waals surface area (Å²) in [6.07, 6.45) is 3.91. The van der Waals surface area contributed by atoms with E-state index < -0.39 is 0 Å². The fraction of sp³-hybridized carbons (Fsp3) is 0.308. The third-order valence-corrected chi connectivity index (χ3v) is 3.67. The van der Waals surface area contributed by atoms with Gasteiger partial charge in [0.25, 0.3) is 0 Å². The summed E-state index contributed by atoms with van der Waals surface area (Å²) in [6, 6.07) is 5.99. The van der Waals surface area contributed by atoms with Gasteiger partial charge in [0.15, 0.2) is 0 Å². The molecule has 17 heavy (non-hydrogen) atoms. The standard InChI is InChI=1S/C13H13ClN2O/c14-8-4-5-11-10(6-8)9-2-1-3-12(15-7-17)13(9)16-11/h4-7,12,16H,1-3H2,(H,15,17)/t12-/m0/s1. The number of aromatic amines is 1. The molecular formula is C13H13ClN2O. The number of benzene rings is 1. The van der Waals surface area contributed by atoms with Crippen LogP contribution >= 0.6 is 11.6 Å². The average Bonchev–Trinajstić information content (AvgIpc) is 2.69. The minimum atomic E-state index is 0.113. The molecule has 4 heteroatoms. The van der Waals surface area contributed by atoms with Crippen molar-refractivity contribution in [3.05, 3.63) is 34.5 Å². The average molecular weight is 249 g/mol. The summed E-state index contributed by atoms with van der Waals surface area (Å²) in [5, 5.41) is 4.81. The SMILES string of the molecule is O=CN[C@H]1CCCc2c1[nH]c1ccc(Cl)cc21. The topological polar surface area (TPSA) is 44.9 Å². The van der Waals surface area contributed by atoms with E-state index in [9.17, 15) is 4.79 Å². The molecule has 0 aliphatic heterocycles. The molecule has 0 unspecified atom stereocenters. The van der Waals surface area contributed by atoms with Crippen LogP contribution in [0, 0.1) is 0 Å². The van der Waals surface area contributed by atoms with E-state index in [0.29, 0.717) is 0 Å². The molecule has 2 aromatic rings. The summed E-state index contributed by atoms with van der Waals surface area (Å²) >= 11 is 6.03. The summed E-state index contributed by atoms with van der Waals surface area (Å²) in [6.45, 7) is 0. The highest BCUT2D eigenvalue weighted by atomic mass is 35.5. The molecule has 0 fully saturated rings. The second-order valence-corrected chi connectivity index (χ2v) is 4.87. The zero-order chi connectivity index (χ0) is 11.8. The summed E-state index contributed by atoms with van der Waals surface area (Å²) < 4.78 is 0. The van der Waals surface area contributed by atoms with Crippen LogP contribution in [-0.2, 0) is 11.2 Å². The van der Waals surface area contributed by atoms with Crippen LogP contribution < -0.4 is 5.32 Å². The zero-order valence-electron chi connectivity index (χ0n) is 9.29. The molecule has 0 radical (unpaired) electrons. The summed E-state index contributed by atoms with van der Waals surface area (Å²) in [5.41, 5.74) is 3.53. The maximum absolute atomic E-state index is 10.6. The highest BCUT2D eigenvalue weighted by Gasteiger charge is 2.23. The first-order chi connectivity index (χ1) is 8.29. The zero-order valence-corrected chi connectivity index (χ0v) is 10.1. The molecule has 88 valence electrons. The number of H-pyrrole nitrogens is 1. The Hall–Kier alpha value is -1.48. The Labute approximate surface area is 104 Å². The van der Waals surface area contributed by atoms with Crippen molar-refractivity contribution in [2.75, 3.05) is 0 Å². The molecule has 0 saturated carbocycles. The lowest BCUT2D eigenvalue weighted by Crippen LogP contribution is -2.23. The Morgan fingerprint density at radius 1 is 1.47 bits per heavy atom. The number of carbonyl (C=O) groups excluding carboxylic acids is 1. The van der Waals surface area contributed by atoms with Gasteiger partial charge >= 0.3 is 0 Å². The van der Waals surface area contributed by atoms with Crippen LogP contribution in [0.3, 0.4) is 0 Å². The highest BCUT2D eigenvalue weighted by molar-refractivity contribution is 6.31. The number of hydrogen-bond acceptors (Lipinski definition) is 1. The predicted molar refractivity (Wildman–Crippen MR) is 68.2 cm³/mol. The molecule has 2 N–H and O–H groups in total. The van der Waals surface area contributed by atoms with Crippen molar-refractivity contribution in [2.24, 2.45) is 0 Å².